The number of hydrogen-bond acceptors (Lipinski definition) is 5. The SMILES string of the molecule is CC(C)C(C(=O)O)(C(C)C)C(C(=O)S)c1nc2cc(C#N)ccc2s1. The summed E-state index contributed by atoms with van der Waals surface area (Å²) in [5, 5.41) is 19.0. The molecule has 0 saturated heterocycles. The van der Waals surface area contributed by atoms with Gasteiger partial charge in [0.25, 0.3) is 0 Å². The summed E-state index contributed by atoms with van der Waals surface area (Å²) in [6.45, 7) is 7.22. The van der Waals surface area contributed by atoms with Crippen LogP contribution in [0.5, 0.6) is 0 Å². The van der Waals surface area contributed by atoms with Crippen molar-refractivity contribution in [3.8, 4) is 6.07 Å². The monoisotopic (exact) mass is 376 g/mol. The van der Waals surface area contributed by atoms with E-state index < -0.39 is 22.4 Å². The lowest BCUT2D eigenvalue weighted by Gasteiger charge is -2.41. The third-order valence-corrected chi connectivity index (χ3v) is 6.15. The average molecular weight is 377 g/mol. The first-order valence-corrected chi connectivity index (χ1v) is 9.19. The number of thiol groups is 1. The summed E-state index contributed by atoms with van der Waals surface area (Å²) < 4.78 is 0.806. The smallest absolute Gasteiger partial charge is 0.311 e. The standard InChI is InChI=1S/C18H20N2O3S2/c1-9(2)18(10(3)4,17(22)23)14(16(21)24)15-20-12-7-11(8-19)5-6-13(12)25-15/h5-7,9-10,14H,1-4H3,(H,21,24)(H,22,23). The normalized spacial score (nSPS) is 13.2. The highest BCUT2D eigenvalue weighted by molar-refractivity contribution is 7.96. The minimum absolute atomic E-state index is 0.298. The van der Waals surface area contributed by atoms with E-state index >= 15 is 0 Å². The number of carboxylic acid groups (broad SMARTS) is 1. The summed E-state index contributed by atoms with van der Waals surface area (Å²) in [4.78, 5) is 29.2. The fourth-order valence-corrected chi connectivity index (χ4v) is 5.16. The molecule has 5 nitrogen and oxygen atoms in total. The maximum absolute atomic E-state index is 12.4. The van der Waals surface area contributed by atoms with E-state index in [2.05, 4.69) is 23.7 Å². The van der Waals surface area contributed by atoms with E-state index in [0.29, 0.717) is 16.1 Å². The molecule has 1 aromatic heterocycles. The number of hydrogen-bond donors (Lipinski definition) is 2. The summed E-state index contributed by atoms with van der Waals surface area (Å²) in [7, 11) is 0. The van der Waals surface area contributed by atoms with Crippen molar-refractivity contribution in [3.63, 3.8) is 0 Å². The van der Waals surface area contributed by atoms with Crippen molar-refractivity contribution in [2.45, 2.75) is 33.6 Å². The molecule has 0 aliphatic carbocycles. The van der Waals surface area contributed by atoms with Gasteiger partial charge in [0.2, 0.25) is 0 Å². The van der Waals surface area contributed by atoms with Gasteiger partial charge in [0.05, 0.1) is 33.2 Å². The Labute approximate surface area is 156 Å². The van der Waals surface area contributed by atoms with Crippen LogP contribution in [-0.4, -0.2) is 21.2 Å². The number of thiazole rings is 1. The third-order valence-electron chi connectivity index (χ3n) is 4.79. The predicted octanol–water partition coefficient (Wildman–Crippen LogP) is 4.09. The van der Waals surface area contributed by atoms with Crippen LogP contribution in [0.4, 0.5) is 0 Å². The quantitative estimate of drug-likeness (QED) is 0.741. The summed E-state index contributed by atoms with van der Waals surface area (Å²) in [6.07, 6.45) is 0. The summed E-state index contributed by atoms with van der Waals surface area (Å²) in [6, 6.07) is 7.14. The molecular weight excluding hydrogens is 356 g/mol. The number of aromatic nitrogens is 1. The van der Waals surface area contributed by atoms with E-state index in [9.17, 15) is 14.7 Å². The van der Waals surface area contributed by atoms with Gasteiger partial charge < -0.3 is 5.11 Å². The van der Waals surface area contributed by atoms with Gasteiger partial charge in [-0.05, 0) is 30.0 Å². The Balaban J connectivity index is 2.74. The molecule has 0 radical (unpaired) electrons. The number of aliphatic carboxylic acids is 1. The molecule has 2 aromatic rings. The van der Waals surface area contributed by atoms with Gasteiger partial charge in [-0.25, -0.2) is 4.98 Å². The van der Waals surface area contributed by atoms with E-state index in [1.165, 1.54) is 11.3 Å². The van der Waals surface area contributed by atoms with Crippen LogP contribution in [0.25, 0.3) is 10.2 Å². The van der Waals surface area contributed by atoms with Gasteiger partial charge in [-0.1, -0.05) is 27.7 Å². The van der Waals surface area contributed by atoms with Crippen molar-refractivity contribution in [2.24, 2.45) is 17.3 Å². The summed E-state index contributed by atoms with van der Waals surface area (Å²) in [5.41, 5.74) is -0.258. The van der Waals surface area contributed by atoms with Crippen LogP contribution in [0.3, 0.4) is 0 Å². The van der Waals surface area contributed by atoms with Gasteiger partial charge in [0.15, 0.2) is 5.12 Å². The van der Waals surface area contributed by atoms with Crippen molar-refractivity contribution >= 4 is 45.3 Å². The molecule has 0 bridgehead atoms. The topological polar surface area (TPSA) is 91.0 Å². The first kappa shape index (κ1) is 19.4. The Morgan fingerprint density at radius 3 is 2.32 bits per heavy atom. The van der Waals surface area contributed by atoms with Gasteiger partial charge in [0, 0.05) is 0 Å². The Kier molecular flexibility index (Phi) is 5.55. The number of carbonyl (C=O) groups is 2. The molecule has 0 saturated carbocycles. The molecule has 0 aliphatic rings. The maximum atomic E-state index is 12.4. The lowest BCUT2D eigenvalue weighted by molar-refractivity contribution is -0.159. The molecule has 7 heteroatoms. The minimum atomic E-state index is -1.31. The second-order valence-corrected chi connectivity index (χ2v) is 8.17. The van der Waals surface area contributed by atoms with E-state index in [4.69, 9.17) is 5.26 Å². The molecule has 25 heavy (non-hydrogen) atoms. The molecule has 2 rings (SSSR count). The van der Waals surface area contributed by atoms with Gasteiger partial charge in [0.1, 0.15) is 5.01 Å². The second kappa shape index (κ2) is 7.14. The van der Waals surface area contributed by atoms with Gasteiger partial charge in [-0.15, -0.1) is 24.0 Å². The molecular formula is C18H20N2O3S2. The highest BCUT2D eigenvalue weighted by atomic mass is 32.1. The van der Waals surface area contributed by atoms with Crippen LogP contribution in [-0.2, 0) is 9.59 Å². The first-order chi connectivity index (χ1) is 11.7. The van der Waals surface area contributed by atoms with Crippen LogP contribution in [0.15, 0.2) is 18.2 Å². The van der Waals surface area contributed by atoms with E-state index in [1.54, 1.807) is 45.9 Å². The fraction of sp³-hybridized carbons (Fsp3) is 0.444. The minimum Gasteiger partial charge on any atom is -0.481 e. The number of fused-ring (bicyclic) bond motifs is 1. The van der Waals surface area contributed by atoms with Crippen molar-refractivity contribution in [1.29, 1.82) is 5.26 Å². The second-order valence-electron chi connectivity index (χ2n) is 6.67. The van der Waals surface area contributed by atoms with Crippen LogP contribution in [0.1, 0.15) is 44.2 Å². The van der Waals surface area contributed by atoms with E-state index in [0.717, 1.165) is 4.70 Å². The van der Waals surface area contributed by atoms with Gasteiger partial charge >= 0.3 is 5.97 Å². The van der Waals surface area contributed by atoms with Crippen LogP contribution in [0.2, 0.25) is 0 Å². The Morgan fingerprint density at radius 2 is 1.88 bits per heavy atom. The zero-order valence-electron chi connectivity index (χ0n) is 14.5. The lowest BCUT2D eigenvalue weighted by atomic mass is 9.61. The number of nitrogens with zero attached hydrogens (tertiary/aromatic N) is 2. The van der Waals surface area contributed by atoms with Crippen LogP contribution < -0.4 is 0 Å². The Hall–Kier alpha value is -1.91. The van der Waals surface area contributed by atoms with E-state index in [-0.39, 0.29) is 11.8 Å². The largest absolute Gasteiger partial charge is 0.481 e. The van der Waals surface area contributed by atoms with Crippen molar-refractivity contribution < 1.29 is 14.7 Å². The number of nitriles is 1. The summed E-state index contributed by atoms with van der Waals surface area (Å²) in [5.74, 6) is -2.58. The molecule has 1 N–H and O–H groups in total. The molecule has 0 spiro atoms. The highest BCUT2D eigenvalue weighted by Gasteiger charge is 2.55. The predicted molar refractivity (Wildman–Crippen MR) is 101 cm³/mol. The summed E-state index contributed by atoms with van der Waals surface area (Å²) >= 11 is 5.29. The van der Waals surface area contributed by atoms with Crippen LogP contribution >= 0.6 is 24.0 Å². The van der Waals surface area contributed by atoms with Crippen molar-refractivity contribution in [1.82, 2.24) is 4.98 Å². The Morgan fingerprint density at radius 1 is 1.28 bits per heavy atom. The Bertz CT molecular complexity index is 857. The van der Waals surface area contributed by atoms with E-state index in [1.807, 2.05) is 0 Å². The molecule has 1 aromatic carbocycles. The zero-order chi connectivity index (χ0) is 18.9. The van der Waals surface area contributed by atoms with Gasteiger partial charge in [-0.2, -0.15) is 5.26 Å². The van der Waals surface area contributed by atoms with Crippen molar-refractivity contribution in [3.05, 3.63) is 28.8 Å². The average Bonchev–Trinajstić information content (AvgIpc) is 2.92. The molecule has 0 fully saturated rings. The zero-order valence-corrected chi connectivity index (χ0v) is 16.2. The molecule has 132 valence electrons. The molecule has 1 heterocycles. The van der Waals surface area contributed by atoms with Gasteiger partial charge in [-0.3, -0.25) is 9.59 Å². The number of carbonyl (C=O) groups excluding carboxylic acids is 1. The molecule has 0 amide bonds. The molecule has 1 atom stereocenters. The molecule has 0 aliphatic heterocycles. The first-order valence-electron chi connectivity index (χ1n) is 7.93. The third kappa shape index (κ3) is 3.16. The highest BCUT2D eigenvalue weighted by Crippen LogP contribution is 2.50. The number of carboxylic acids is 1. The number of benzene rings is 1. The number of rotatable bonds is 6. The maximum Gasteiger partial charge on any atom is 0.311 e. The van der Waals surface area contributed by atoms with Crippen LogP contribution in [0, 0.1) is 28.6 Å². The fourth-order valence-electron chi connectivity index (χ4n) is 3.60. The molecule has 1 unspecified atom stereocenters. The van der Waals surface area contributed by atoms with Crippen molar-refractivity contribution in [2.75, 3.05) is 0 Å². The lowest BCUT2D eigenvalue weighted by Crippen LogP contribution is -2.48.